The Kier molecular flexibility index (Phi) is 2.56. The predicted octanol–water partition coefficient (Wildman–Crippen LogP) is 2.73. The van der Waals surface area contributed by atoms with Crippen molar-refractivity contribution >= 4 is 0 Å². The molecular weight excluding hydrogens is 236 g/mol. The molecule has 4 bridgehead atoms. The minimum Gasteiger partial charge on any atom is -0.496 e. The van der Waals surface area contributed by atoms with Crippen molar-refractivity contribution in [2.75, 3.05) is 6.61 Å². The lowest BCUT2D eigenvalue weighted by atomic mass is 9.43. The molecule has 3 N–H and O–H groups in total. The van der Waals surface area contributed by atoms with Crippen LogP contribution in [0.15, 0.2) is 11.8 Å². The SMILES string of the molecule is CC12CC3CC(C1)CC(C(NN)C1=CCCO1)(C3)C2. The number of nitrogens with two attached hydrogens (primary N) is 1. The van der Waals surface area contributed by atoms with Gasteiger partial charge in [-0.3, -0.25) is 5.84 Å². The van der Waals surface area contributed by atoms with E-state index in [9.17, 15) is 0 Å². The van der Waals surface area contributed by atoms with Crippen LogP contribution in [0.3, 0.4) is 0 Å². The van der Waals surface area contributed by atoms with E-state index in [0.717, 1.165) is 30.6 Å². The molecule has 1 heterocycles. The molecule has 3 atom stereocenters. The summed E-state index contributed by atoms with van der Waals surface area (Å²) in [6.45, 7) is 3.35. The van der Waals surface area contributed by atoms with Gasteiger partial charge in [0.25, 0.3) is 0 Å². The van der Waals surface area contributed by atoms with Gasteiger partial charge in [-0.05, 0) is 67.3 Å². The molecule has 0 aromatic carbocycles. The molecule has 4 aliphatic carbocycles. The topological polar surface area (TPSA) is 47.3 Å². The molecule has 4 fully saturated rings. The summed E-state index contributed by atoms with van der Waals surface area (Å²) in [4.78, 5) is 0. The van der Waals surface area contributed by atoms with Crippen molar-refractivity contribution < 1.29 is 4.74 Å². The molecule has 5 aliphatic rings. The normalized spacial score (nSPS) is 49.1. The molecule has 19 heavy (non-hydrogen) atoms. The van der Waals surface area contributed by atoms with E-state index in [-0.39, 0.29) is 6.04 Å². The molecule has 0 amide bonds. The van der Waals surface area contributed by atoms with Crippen molar-refractivity contribution in [2.24, 2.45) is 28.5 Å². The Hall–Kier alpha value is -0.540. The molecule has 1 aliphatic heterocycles. The van der Waals surface area contributed by atoms with E-state index in [1.165, 1.54) is 38.5 Å². The van der Waals surface area contributed by atoms with Crippen LogP contribution in [-0.4, -0.2) is 12.6 Å². The van der Waals surface area contributed by atoms with Gasteiger partial charge in [-0.25, -0.2) is 5.43 Å². The molecule has 3 unspecified atom stereocenters. The highest BCUT2D eigenvalue weighted by Crippen LogP contribution is 2.66. The van der Waals surface area contributed by atoms with Crippen LogP contribution in [0.5, 0.6) is 0 Å². The van der Waals surface area contributed by atoms with Gasteiger partial charge in [0.15, 0.2) is 0 Å². The average Bonchev–Trinajstić information content (AvgIpc) is 2.79. The second-order valence-corrected chi connectivity index (χ2v) is 7.98. The molecule has 5 rings (SSSR count). The number of hydrazine groups is 1. The lowest BCUT2D eigenvalue weighted by molar-refractivity contribution is -0.118. The van der Waals surface area contributed by atoms with E-state index in [4.69, 9.17) is 10.6 Å². The predicted molar refractivity (Wildman–Crippen MR) is 75.0 cm³/mol. The largest absolute Gasteiger partial charge is 0.496 e. The second kappa shape index (κ2) is 3.98. The van der Waals surface area contributed by atoms with Gasteiger partial charge in [-0.1, -0.05) is 6.92 Å². The Morgan fingerprint density at radius 3 is 2.58 bits per heavy atom. The third kappa shape index (κ3) is 1.78. The number of hydrogen-bond donors (Lipinski definition) is 2. The Bertz CT molecular complexity index is 403. The average molecular weight is 262 g/mol. The smallest absolute Gasteiger partial charge is 0.111 e. The summed E-state index contributed by atoms with van der Waals surface area (Å²) in [6.07, 6.45) is 11.7. The van der Waals surface area contributed by atoms with Gasteiger partial charge in [0.2, 0.25) is 0 Å². The highest BCUT2D eigenvalue weighted by molar-refractivity contribution is 5.19. The maximum absolute atomic E-state index is 5.95. The Balaban J connectivity index is 1.68. The van der Waals surface area contributed by atoms with Gasteiger partial charge < -0.3 is 4.74 Å². The maximum atomic E-state index is 5.95. The first-order chi connectivity index (χ1) is 9.12. The quantitative estimate of drug-likeness (QED) is 0.607. The lowest BCUT2D eigenvalue weighted by Gasteiger charge is -2.63. The number of hydrogen-bond acceptors (Lipinski definition) is 3. The fourth-order valence-electron chi connectivity index (χ4n) is 6.33. The fourth-order valence-corrected chi connectivity index (χ4v) is 6.33. The van der Waals surface area contributed by atoms with Crippen LogP contribution in [0.4, 0.5) is 0 Å². The molecule has 0 spiro atoms. The van der Waals surface area contributed by atoms with Crippen molar-refractivity contribution in [1.82, 2.24) is 5.43 Å². The third-order valence-electron chi connectivity index (χ3n) is 6.19. The van der Waals surface area contributed by atoms with Crippen LogP contribution in [-0.2, 0) is 4.74 Å². The van der Waals surface area contributed by atoms with Gasteiger partial charge in [-0.15, -0.1) is 0 Å². The molecule has 3 nitrogen and oxygen atoms in total. The monoisotopic (exact) mass is 262 g/mol. The van der Waals surface area contributed by atoms with Gasteiger partial charge in [0.05, 0.1) is 12.6 Å². The van der Waals surface area contributed by atoms with Crippen LogP contribution >= 0.6 is 0 Å². The van der Waals surface area contributed by atoms with E-state index >= 15 is 0 Å². The number of nitrogens with one attached hydrogen (secondary N) is 1. The highest BCUT2D eigenvalue weighted by atomic mass is 16.5. The summed E-state index contributed by atoms with van der Waals surface area (Å²) in [5.41, 5.74) is 4.06. The maximum Gasteiger partial charge on any atom is 0.111 e. The number of ether oxygens (including phenoxy) is 1. The molecule has 0 radical (unpaired) electrons. The summed E-state index contributed by atoms with van der Waals surface area (Å²) < 4.78 is 5.85. The van der Waals surface area contributed by atoms with Gasteiger partial charge in [0, 0.05) is 6.42 Å². The van der Waals surface area contributed by atoms with Crippen molar-refractivity contribution in [2.45, 2.75) is 57.9 Å². The molecule has 0 aromatic rings. The van der Waals surface area contributed by atoms with Crippen LogP contribution < -0.4 is 11.3 Å². The summed E-state index contributed by atoms with van der Waals surface area (Å²) >= 11 is 0. The molecule has 0 saturated heterocycles. The van der Waals surface area contributed by atoms with Gasteiger partial charge >= 0.3 is 0 Å². The van der Waals surface area contributed by atoms with Crippen LogP contribution in [0.2, 0.25) is 0 Å². The summed E-state index contributed by atoms with van der Waals surface area (Å²) in [5.74, 6) is 8.95. The van der Waals surface area contributed by atoms with E-state index < -0.39 is 0 Å². The Labute approximate surface area is 115 Å². The molecule has 3 heteroatoms. The molecule has 0 aromatic heterocycles. The standard InChI is InChI=1S/C16H26N2O/c1-15-6-11-5-12(7-15)9-16(8-11,10-15)14(18-17)13-3-2-4-19-13/h3,11-12,14,18H,2,4-10,17H2,1H3. The van der Waals surface area contributed by atoms with Gasteiger partial charge in [-0.2, -0.15) is 0 Å². The number of rotatable bonds is 3. The molecule has 106 valence electrons. The van der Waals surface area contributed by atoms with Crippen LogP contribution in [0.25, 0.3) is 0 Å². The van der Waals surface area contributed by atoms with E-state index in [1.54, 1.807) is 0 Å². The minimum absolute atomic E-state index is 0.250. The molecular formula is C16H26N2O. The summed E-state index contributed by atoms with van der Waals surface area (Å²) in [6, 6.07) is 0.250. The van der Waals surface area contributed by atoms with Crippen LogP contribution in [0.1, 0.15) is 51.9 Å². The Morgan fingerprint density at radius 2 is 2.05 bits per heavy atom. The zero-order chi connectivity index (χ0) is 13.1. The zero-order valence-electron chi connectivity index (χ0n) is 12.0. The minimum atomic E-state index is 0.250. The first-order valence-corrected chi connectivity index (χ1v) is 7.92. The fraction of sp³-hybridized carbons (Fsp3) is 0.875. The first-order valence-electron chi connectivity index (χ1n) is 7.92. The van der Waals surface area contributed by atoms with E-state index in [0.29, 0.717) is 10.8 Å². The van der Waals surface area contributed by atoms with Gasteiger partial charge in [0.1, 0.15) is 5.76 Å². The van der Waals surface area contributed by atoms with E-state index in [2.05, 4.69) is 18.4 Å². The van der Waals surface area contributed by atoms with Crippen molar-refractivity contribution in [3.63, 3.8) is 0 Å². The summed E-state index contributed by atoms with van der Waals surface area (Å²) in [5, 5.41) is 0. The highest BCUT2D eigenvalue weighted by Gasteiger charge is 2.59. The third-order valence-corrected chi connectivity index (χ3v) is 6.19. The van der Waals surface area contributed by atoms with Crippen molar-refractivity contribution in [3.05, 3.63) is 11.8 Å². The van der Waals surface area contributed by atoms with Crippen LogP contribution in [0, 0.1) is 22.7 Å². The first kappa shape index (κ1) is 12.2. The Morgan fingerprint density at radius 1 is 1.32 bits per heavy atom. The second-order valence-electron chi connectivity index (χ2n) is 7.98. The van der Waals surface area contributed by atoms with E-state index in [1.807, 2.05) is 0 Å². The van der Waals surface area contributed by atoms with Crippen molar-refractivity contribution in [1.29, 1.82) is 0 Å². The molecule has 4 saturated carbocycles. The summed E-state index contributed by atoms with van der Waals surface area (Å²) in [7, 11) is 0. The zero-order valence-corrected chi connectivity index (χ0v) is 12.0. The lowest BCUT2D eigenvalue weighted by Crippen LogP contribution is -2.60. The van der Waals surface area contributed by atoms with Crippen molar-refractivity contribution in [3.8, 4) is 0 Å².